The van der Waals surface area contributed by atoms with Gasteiger partial charge in [-0.15, -0.1) is 0 Å². The molecule has 0 bridgehead atoms. The van der Waals surface area contributed by atoms with Gasteiger partial charge in [0.1, 0.15) is 0 Å². The number of halogens is 2. The molecule has 1 aromatic heterocycles. The van der Waals surface area contributed by atoms with Crippen molar-refractivity contribution in [3.8, 4) is 0 Å². The van der Waals surface area contributed by atoms with Gasteiger partial charge in [-0.05, 0) is 67.0 Å². The molecule has 1 saturated heterocycles. The van der Waals surface area contributed by atoms with E-state index in [1.165, 1.54) is 0 Å². The van der Waals surface area contributed by atoms with Crippen molar-refractivity contribution in [2.24, 2.45) is 5.73 Å². The number of pyridine rings is 1. The van der Waals surface area contributed by atoms with Crippen LogP contribution in [-0.2, 0) is 17.8 Å². The van der Waals surface area contributed by atoms with Gasteiger partial charge in [-0.1, -0.05) is 65.5 Å². The van der Waals surface area contributed by atoms with Crippen LogP contribution in [-0.4, -0.2) is 57.0 Å². The van der Waals surface area contributed by atoms with E-state index in [1.54, 1.807) is 30.3 Å². The molecule has 2 aliphatic rings. The molecule has 10 heteroatoms. The van der Waals surface area contributed by atoms with Crippen LogP contribution in [0.15, 0.2) is 66.9 Å². The molecule has 3 aromatic rings. The number of primary amides is 1. The lowest BCUT2D eigenvalue weighted by molar-refractivity contribution is -0.106. The number of piperidine rings is 1. The van der Waals surface area contributed by atoms with Crippen molar-refractivity contribution in [2.45, 2.75) is 38.0 Å². The summed E-state index contributed by atoms with van der Waals surface area (Å²) in [5.74, 6) is 0.121. The molecule has 1 fully saturated rings. The summed E-state index contributed by atoms with van der Waals surface area (Å²) in [7, 11) is 0. The normalized spacial score (nSPS) is 17.4. The minimum atomic E-state index is -0.0528. The maximum Gasteiger partial charge on any atom is 0.254 e. The van der Waals surface area contributed by atoms with Gasteiger partial charge in [0, 0.05) is 40.9 Å². The van der Waals surface area contributed by atoms with Gasteiger partial charge in [-0.25, -0.2) is 0 Å². The highest BCUT2D eigenvalue weighted by atomic mass is 35.5. The highest BCUT2D eigenvalue weighted by Gasteiger charge is 2.39. The van der Waals surface area contributed by atoms with Crippen molar-refractivity contribution in [2.75, 3.05) is 19.3 Å². The van der Waals surface area contributed by atoms with E-state index in [2.05, 4.69) is 32.2 Å². The summed E-state index contributed by atoms with van der Waals surface area (Å²) in [6, 6.07) is 19.2. The second kappa shape index (κ2) is 15.1. The Morgan fingerprint density at radius 1 is 1.11 bits per heavy atom. The first-order valence-corrected chi connectivity index (χ1v) is 14.2. The van der Waals surface area contributed by atoms with Crippen LogP contribution in [0.3, 0.4) is 0 Å². The van der Waals surface area contributed by atoms with Gasteiger partial charge in [0.2, 0.25) is 6.41 Å². The molecular weight excluding hydrogens is 543 g/mol. The van der Waals surface area contributed by atoms with E-state index in [0.717, 1.165) is 49.0 Å². The van der Waals surface area contributed by atoms with Crippen LogP contribution in [0.2, 0.25) is 10.0 Å². The molecule has 3 heterocycles. The van der Waals surface area contributed by atoms with E-state index < -0.39 is 0 Å². The molecule has 0 radical (unpaired) electrons. The molecule has 202 valence electrons. The van der Waals surface area contributed by atoms with E-state index >= 15 is 0 Å². The molecule has 2 amide bonds. The zero-order valence-electron chi connectivity index (χ0n) is 21.2. The Balaban J connectivity index is 0.000000305. The van der Waals surface area contributed by atoms with Gasteiger partial charge in [0.15, 0.2) is 0 Å². The van der Waals surface area contributed by atoms with Crippen molar-refractivity contribution < 1.29 is 14.7 Å². The number of rotatable bonds is 4. The summed E-state index contributed by atoms with van der Waals surface area (Å²) in [4.78, 5) is 28.0. The molecule has 1 atom stereocenters. The lowest BCUT2D eigenvalue weighted by Crippen LogP contribution is -2.50. The van der Waals surface area contributed by atoms with Crippen LogP contribution in [0.25, 0.3) is 0 Å². The standard InChI is InChI=1S/C21H22Cl2N2OS.C6H7NO.CH3NO/c1-27-24-10-8-16(9-11-24)25-20(18-7-6-15(22)13-19(18)23)12-14-4-2-3-5-17(14)21(25)26;8-5-6-3-1-2-4-7-6;2-1-3/h2-7,13,16,20H,8-12H2,1H3;1-4,8H,5H2;1H,(H2,2,3). The lowest BCUT2D eigenvalue weighted by atomic mass is 9.86. The predicted octanol–water partition coefficient (Wildman–Crippen LogP) is 5.15. The quantitative estimate of drug-likeness (QED) is 0.330. The number of fused-ring (bicyclic) bond motifs is 1. The number of aliphatic hydroxyl groups is 1. The second-order valence-corrected chi connectivity index (χ2v) is 10.4. The fraction of sp³-hybridized carbons (Fsp3) is 0.321. The predicted molar refractivity (Wildman–Crippen MR) is 154 cm³/mol. The van der Waals surface area contributed by atoms with Gasteiger partial charge >= 0.3 is 0 Å². The summed E-state index contributed by atoms with van der Waals surface area (Å²) < 4.78 is 2.36. The number of aliphatic hydroxyl groups excluding tert-OH is 1. The maximum absolute atomic E-state index is 13.5. The highest BCUT2D eigenvalue weighted by Crippen LogP contribution is 2.40. The monoisotopic (exact) mass is 574 g/mol. The summed E-state index contributed by atoms with van der Waals surface area (Å²) >= 11 is 14.4. The van der Waals surface area contributed by atoms with Gasteiger partial charge < -0.3 is 15.7 Å². The summed E-state index contributed by atoms with van der Waals surface area (Å²) in [6.45, 7) is 2.03. The molecule has 7 nitrogen and oxygen atoms in total. The molecule has 3 N–H and O–H groups in total. The zero-order valence-corrected chi connectivity index (χ0v) is 23.5. The highest BCUT2D eigenvalue weighted by molar-refractivity contribution is 7.96. The number of nitrogens with zero attached hydrogens (tertiary/aromatic N) is 3. The van der Waals surface area contributed by atoms with Gasteiger partial charge in [-0.3, -0.25) is 18.9 Å². The first kappa shape index (κ1) is 29.9. The molecule has 5 rings (SSSR count). The molecule has 1 unspecified atom stereocenters. The van der Waals surface area contributed by atoms with Gasteiger partial charge in [-0.2, -0.15) is 0 Å². The van der Waals surface area contributed by atoms with E-state index in [4.69, 9.17) is 33.1 Å². The smallest absolute Gasteiger partial charge is 0.254 e. The first-order chi connectivity index (χ1) is 18.4. The first-order valence-electron chi connectivity index (χ1n) is 12.2. The Kier molecular flexibility index (Phi) is 11.9. The van der Waals surface area contributed by atoms with E-state index in [-0.39, 0.29) is 31.0 Å². The van der Waals surface area contributed by atoms with Crippen LogP contribution in [0.5, 0.6) is 0 Å². The molecule has 0 spiro atoms. The molecular formula is C28H32Cl2N4O3S. The average Bonchev–Trinajstić information content (AvgIpc) is 2.94. The van der Waals surface area contributed by atoms with Crippen LogP contribution in [0.1, 0.15) is 46.1 Å². The van der Waals surface area contributed by atoms with Crippen molar-refractivity contribution in [3.05, 3.63) is 99.3 Å². The van der Waals surface area contributed by atoms with Crippen LogP contribution in [0, 0.1) is 0 Å². The van der Waals surface area contributed by atoms with Crippen molar-refractivity contribution in [1.82, 2.24) is 14.2 Å². The Bertz CT molecular complexity index is 1190. The Hall–Kier alpha value is -2.62. The number of amides is 2. The van der Waals surface area contributed by atoms with Gasteiger partial charge in [0.05, 0.1) is 18.3 Å². The second-order valence-electron chi connectivity index (χ2n) is 8.71. The van der Waals surface area contributed by atoms with Crippen molar-refractivity contribution >= 4 is 47.5 Å². The Labute approximate surface area is 238 Å². The lowest BCUT2D eigenvalue weighted by Gasteiger charge is -2.45. The minimum Gasteiger partial charge on any atom is -0.390 e. The zero-order chi connectivity index (χ0) is 27.5. The molecule has 2 aromatic carbocycles. The number of benzene rings is 2. The molecule has 0 saturated carbocycles. The molecule has 0 aliphatic carbocycles. The van der Waals surface area contributed by atoms with E-state index in [1.807, 2.05) is 42.5 Å². The van der Waals surface area contributed by atoms with Crippen LogP contribution in [0.4, 0.5) is 0 Å². The SMILES string of the molecule is CSN1CCC(N2C(=O)c3ccccc3CC2c2ccc(Cl)cc2Cl)CC1.NC=O.OCc1ccccn1. The number of carbonyl (C=O) groups is 2. The fourth-order valence-electron chi connectivity index (χ4n) is 4.74. The largest absolute Gasteiger partial charge is 0.390 e. The number of carbonyl (C=O) groups excluding carboxylic acids is 2. The topological polar surface area (TPSA) is 99.8 Å². The summed E-state index contributed by atoms with van der Waals surface area (Å²) in [6.07, 6.45) is 6.77. The molecule has 2 aliphatic heterocycles. The van der Waals surface area contributed by atoms with Crippen LogP contribution >= 0.6 is 35.1 Å². The third-order valence-corrected chi connectivity index (χ3v) is 7.96. The summed E-state index contributed by atoms with van der Waals surface area (Å²) in [5, 5.41) is 9.72. The Morgan fingerprint density at radius 2 is 1.79 bits per heavy atom. The number of aromatic nitrogens is 1. The summed E-state index contributed by atoms with van der Waals surface area (Å²) in [5.41, 5.74) is 7.78. The number of hydrogen-bond donors (Lipinski definition) is 2. The van der Waals surface area contributed by atoms with Crippen molar-refractivity contribution in [1.29, 1.82) is 0 Å². The van der Waals surface area contributed by atoms with E-state index in [0.29, 0.717) is 15.7 Å². The molecule has 38 heavy (non-hydrogen) atoms. The maximum atomic E-state index is 13.5. The average molecular weight is 576 g/mol. The van der Waals surface area contributed by atoms with Crippen LogP contribution < -0.4 is 5.73 Å². The number of nitrogens with two attached hydrogens (primary N) is 1. The fourth-order valence-corrected chi connectivity index (χ4v) is 5.85. The Morgan fingerprint density at radius 3 is 2.37 bits per heavy atom. The van der Waals surface area contributed by atoms with Gasteiger partial charge in [0.25, 0.3) is 5.91 Å². The minimum absolute atomic E-state index is 0.0286. The third kappa shape index (κ3) is 7.71. The number of hydrogen-bond acceptors (Lipinski definition) is 6. The third-order valence-electron chi connectivity index (χ3n) is 6.52. The van der Waals surface area contributed by atoms with Crippen molar-refractivity contribution in [3.63, 3.8) is 0 Å². The van der Waals surface area contributed by atoms with E-state index in [9.17, 15) is 4.79 Å².